The monoisotopic (exact) mass is 290 g/mol. The van der Waals surface area contributed by atoms with Gasteiger partial charge >= 0.3 is 57.4 Å². The molecule has 0 aliphatic heterocycles. The number of hydrogen-bond acceptors (Lipinski definition) is 6. The van der Waals surface area contributed by atoms with Crippen molar-refractivity contribution >= 4 is 17.3 Å². The maximum Gasteiger partial charge on any atom is 1.00 e. The molecular weight excluding hydrogens is 275 g/mol. The molecule has 6 nitrogen and oxygen atoms in total. The van der Waals surface area contributed by atoms with Gasteiger partial charge in [-0.05, 0) is 25.7 Å². The molecule has 1 N–H and O–H groups in total. The Morgan fingerprint density at radius 3 is 2.35 bits per heavy atom. The molecule has 2 unspecified atom stereocenters. The summed E-state index contributed by atoms with van der Waals surface area (Å²) in [5, 5.41) is 9.39. The average molecular weight is 290 g/mol. The van der Waals surface area contributed by atoms with Gasteiger partial charge in [-0.2, -0.15) is 0 Å². The molecule has 0 heterocycles. The summed E-state index contributed by atoms with van der Waals surface area (Å²) in [5.74, 6) is -0.633. The molecular formula is C9H15KO6S. The first-order valence-electron chi connectivity index (χ1n) is 5.07. The summed E-state index contributed by atoms with van der Waals surface area (Å²) in [6.07, 6.45) is 0.972. The zero-order valence-corrected chi connectivity index (χ0v) is 13.9. The van der Waals surface area contributed by atoms with Gasteiger partial charge in [0.05, 0.1) is 24.4 Å². The second kappa shape index (κ2) is 9.11. The number of carbonyl (C=O) groups excluding carboxylic acids is 1. The minimum atomic E-state index is -2.71. The van der Waals surface area contributed by atoms with Crippen molar-refractivity contribution in [3.8, 4) is 0 Å². The minimum Gasteiger partial charge on any atom is -0.750 e. The molecule has 1 rings (SSSR count). The molecule has 0 aromatic carbocycles. The van der Waals surface area contributed by atoms with Crippen molar-refractivity contribution in [2.75, 3.05) is 7.11 Å². The molecule has 94 valence electrons. The summed E-state index contributed by atoms with van der Waals surface area (Å²) in [6.45, 7) is 0. The van der Waals surface area contributed by atoms with Crippen LogP contribution in [0.15, 0.2) is 0 Å². The third-order valence-electron chi connectivity index (χ3n) is 2.89. The number of hydrogen-bond donors (Lipinski definition) is 1. The smallest absolute Gasteiger partial charge is 0.750 e. The van der Waals surface area contributed by atoms with E-state index in [0.29, 0.717) is 25.7 Å². The maximum atomic E-state index is 11.2. The maximum absolute atomic E-state index is 11.2. The Morgan fingerprint density at radius 1 is 1.41 bits per heavy atom. The van der Waals surface area contributed by atoms with Gasteiger partial charge in [0.2, 0.25) is 0 Å². The molecule has 1 aliphatic rings. The van der Waals surface area contributed by atoms with Crippen molar-refractivity contribution < 1.29 is 79.0 Å². The Balaban J connectivity index is 0.00000256. The van der Waals surface area contributed by atoms with Gasteiger partial charge in [-0.3, -0.25) is 8.98 Å². The van der Waals surface area contributed by atoms with Crippen LogP contribution in [0.5, 0.6) is 0 Å². The average Bonchev–Trinajstić information content (AvgIpc) is 2.27. The zero-order valence-electron chi connectivity index (χ0n) is 9.96. The third kappa shape index (κ3) is 6.21. The summed E-state index contributed by atoms with van der Waals surface area (Å²) in [6, 6.07) is 0. The SMILES string of the molecule is COC(=O)C1CCC(C(O)OS(=O)[O-])CC1.[K+]. The van der Waals surface area contributed by atoms with Gasteiger partial charge in [0, 0.05) is 5.92 Å². The number of aliphatic hydroxyl groups is 1. The van der Waals surface area contributed by atoms with Crippen molar-refractivity contribution in [3.63, 3.8) is 0 Å². The van der Waals surface area contributed by atoms with Crippen LogP contribution in [0.1, 0.15) is 25.7 Å². The largest absolute Gasteiger partial charge is 1.00 e. The molecule has 17 heavy (non-hydrogen) atoms. The Bertz CT molecular complexity index is 266. The molecule has 0 bridgehead atoms. The standard InChI is InChI=1S/C9H16O6S.K/c1-14-8(10)6-2-4-7(5-3-6)9(11)15-16(12)13;/h6-7,9,11H,2-5H2,1H3,(H,12,13);/q;+1/p-1. The van der Waals surface area contributed by atoms with E-state index >= 15 is 0 Å². The summed E-state index contributed by atoms with van der Waals surface area (Å²) < 4.78 is 29.3. The molecule has 0 aromatic heterocycles. The molecule has 0 saturated heterocycles. The van der Waals surface area contributed by atoms with Crippen LogP contribution in [0.4, 0.5) is 0 Å². The minimum absolute atomic E-state index is 0. The first-order chi connectivity index (χ1) is 7.54. The van der Waals surface area contributed by atoms with Gasteiger partial charge in [0.25, 0.3) is 0 Å². The van der Waals surface area contributed by atoms with Crippen LogP contribution >= 0.6 is 0 Å². The van der Waals surface area contributed by atoms with Crippen molar-refractivity contribution in [1.82, 2.24) is 0 Å². The van der Waals surface area contributed by atoms with E-state index in [1.54, 1.807) is 0 Å². The first kappa shape index (κ1) is 18.1. The molecule has 1 aliphatic carbocycles. The summed E-state index contributed by atoms with van der Waals surface area (Å²) in [4.78, 5) is 11.2. The van der Waals surface area contributed by atoms with E-state index in [1.807, 2.05) is 0 Å². The van der Waals surface area contributed by atoms with E-state index in [9.17, 15) is 18.7 Å². The van der Waals surface area contributed by atoms with E-state index < -0.39 is 17.7 Å². The number of esters is 1. The molecule has 0 aromatic rings. The van der Waals surface area contributed by atoms with Gasteiger partial charge in [0.1, 0.15) is 0 Å². The van der Waals surface area contributed by atoms with Gasteiger partial charge in [-0.15, -0.1) is 0 Å². The van der Waals surface area contributed by atoms with Crippen LogP contribution in [-0.2, 0) is 25.1 Å². The predicted molar refractivity (Wildman–Crippen MR) is 53.5 cm³/mol. The van der Waals surface area contributed by atoms with Crippen molar-refractivity contribution in [2.24, 2.45) is 11.8 Å². The van der Waals surface area contributed by atoms with Gasteiger partial charge in [0.15, 0.2) is 6.29 Å². The van der Waals surface area contributed by atoms with Gasteiger partial charge in [-0.1, -0.05) is 0 Å². The topological polar surface area (TPSA) is 95.9 Å². The number of aliphatic hydroxyl groups excluding tert-OH is 1. The van der Waals surface area contributed by atoms with E-state index in [0.717, 1.165) is 0 Å². The van der Waals surface area contributed by atoms with Gasteiger partial charge < -0.3 is 14.4 Å². The molecule has 0 radical (unpaired) electrons. The molecule has 0 amide bonds. The van der Waals surface area contributed by atoms with Crippen LogP contribution in [-0.4, -0.2) is 33.2 Å². The number of carbonyl (C=O) groups is 1. The number of rotatable bonds is 4. The first-order valence-corrected chi connectivity index (χ1v) is 6.07. The van der Waals surface area contributed by atoms with Crippen molar-refractivity contribution in [2.45, 2.75) is 32.0 Å². The van der Waals surface area contributed by atoms with Crippen LogP contribution in [0.3, 0.4) is 0 Å². The van der Waals surface area contributed by atoms with Crippen LogP contribution in [0.2, 0.25) is 0 Å². The third-order valence-corrected chi connectivity index (χ3v) is 3.24. The molecule has 0 spiro atoms. The molecule has 1 fully saturated rings. The molecule has 8 heteroatoms. The van der Waals surface area contributed by atoms with Crippen LogP contribution in [0, 0.1) is 11.8 Å². The van der Waals surface area contributed by atoms with E-state index in [1.165, 1.54) is 7.11 Å². The summed E-state index contributed by atoms with van der Waals surface area (Å²) >= 11 is -2.71. The number of methoxy groups -OCH3 is 1. The van der Waals surface area contributed by atoms with Crippen molar-refractivity contribution in [3.05, 3.63) is 0 Å². The Hall–Kier alpha value is 1.14. The van der Waals surface area contributed by atoms with E-state index in [2.05, 4.69) is 8.92 Å². The predicted octanol–water partition coefficient (Wildman–Crippen LogP) is -2.90. The second-order valence-electron chi connectivity index (χ2n) is 3.83. The fourth-order valence-electron chi connectivity index (χ4n) is 1.97. The second-order valence-corrected chi connectivity index (χ2v) is 4.43. The molecule has 1 saturated carbocycles. The normalized spacial score (nSPS) is 27.7. The van der Waals surface area contributed by atoms with E-state index in [-0.39, 0.29) is 69.2 Å². The Kier molecular flexibility index (Phi) is 9.71. The quantitative estimate of drug-likeness (QED) is 0.258. The summed E-state index contributed by atoms with van der Waals surface area (Å²) in [5.41, 5.74) is 0. The zero-order chi connectivity index (χ0) is 12.1. The Labute approximate surface area is 145 Å². The van der Waals surface area contributed by atoms with Crippen LogP contribution in [0.25, 0.3) is 0 Å². The molecule has 2 atom stereocenters. The van der Waals surface area contributed by atoms with Crippen molar-refractivity contribution in [1.29, 1.82) is 0 Å². The Morgan fingerprint density at radius 2 is 1.94 bits per heavy atom. The van der Waals surface area contributed by atoms with Gasteiger partial charge in [-0.25, -0.2) is 4.21 Å². The summed E-state index contributed by atoms with van der Waals surface area (Å²) in [7, 11) is 1.34. The van der Waals surface area contributed by atoms with Crippen LogP contribution < -0.4 is 51.4 Å². The van der Waals surface area contributed by atoms with E-state index in [4.69, 9.17) is 0 Å². The fourth-order valence-corrected chi connectivity index (χ4v) is 2.28. The number of ether oxygens (including phenoxy) is 1. The fraction of sp³-hybridized carbons (Fsp3) is 0.889.